The first kappa shape index (κ1) is 9.31. The predicted octanol–water partition coefficient (Wildman–Crippen LogP) is 2.60. The first-order valence-electron chi connectivity index (χ1n) is 5.53. The van der Waals surface area contributed by atoms with Crippen molar-refractivity contribution in [1.82, 2.24) is 0 Å². The van der Waals surface area contributed by atoms with Gasteiger partial charge in [-0.25, -0.2) is 0 Å². The molecule has 2 aromatic rings. The zero-order valence-electron chi connectivity index (χ0n) is 9.63. The van der Waals surface area contributed by atoms with E-state index in [2.05, 4.69) is 0 Å². The molecule has 80 valence electrons. The van der Waals surface area contributed by atoms with Gasteiger partial charge < -0.3 is 5.11 Å². The van der Waals surface area contributed by atoms with E-state index < -0.39 is 11.9 Å². The maximum Gasteiger partial charge on any atom is 0.195 e. The molecule has 2 nitrogen and oxygen atoms in total. The van der Waals surface area contributed by atoms with Crippen LogP contribution in [0.5, 0.6) is 0 Å². The highest BCUT2D eigenvalue weighted by molar-refractivity contribution is 5.99. The minimum Gasteiger partial charge on any atom is -0.380 e. The van der Waals surface area contributed by atoms with Crippen LogP contribution < -0.4 is 0 Å². The number of aliphatic hydroxyl groups is 1. The fourth-order valence-electron chi connectivity index (χ4n) is 1.48. The van der Waals surface area contributed by atoms with Crippen molar-refractivity contribution in [2.75, 3.05) is 0 Å². The Bertz CT molecular complexity index is 523. The Morgan fingerprint density at radius 2 is 1.69 bits per heavy atom. The van der Waals surface area contributed by atoms with Gasteiger partial charge in [0.05, 0.1) is 1.37 Å². The normalized spacial score (nSPS) is 12.9. The van der Waals surface area contributed by atoms with Crippen molar-refractivity contribution in [2.24, 2.45) is 0 Å². The van der Waals surface area contributed by atoms with Crippen LogP contribution in [0.4, 0.5) is 0 Å². The molecule has 2 aromatic carbocycles. The van der Waals surface area contributed by atoms with Crippen LogP contribution >= 0.6 is 0 Å². The van der Waals surface area contributed by atoms with Crippen LogP contribution in [0.15, 0.2) is 60.6 Å². The zero-order valence-corrected chi connectivity index (χ0v) is 8.63. The van der Waals surface area contributed by atoms with Crippen molar-refractivity contribution in [2.45, 2.75) is 6.10 Å². The lowest BCUT2D eigenvalue weighted by Crippen LogP contribution is -2.11. The van der Waals surface area contributed by atoms with E-state index in [4.69, 9.17) is 1.37 Å². The van der Waals surface area contributed by atoms with E-state index in [9.17, 15) is 9.90 Å². The van der Waals surface area contributed by atoms with E-state index in [0.29, 0.717) is 5.56 Å². The van der Waals surface area contributed by atoms with Crippen LogP contribution in [0.2, 0.25) is 0 Å². The molecule has 0 saturated carbocycles. The van der Waals surface area contributed by atoms with Gasteiger partial charge in [-0.05, 0) is 5.56 Å². The van der Waals surface area contributed by atoms with Crippen LogP contribution in [0.25, 0.3) is 0 Å². The summed E-state index contributed by atoms with van der Waals surface area (Å²) in [5.74, 6) is -0.443. The lowest BCUT2D eigenvalue weighted by atomic mass is 10.0. The van der Waals surface area contributed by atoms with Crippen molar-refractivity contribution in [3.05, 3.63) is 71.8 Å². The number of rotatable bonds is 3. The minimum atomic E-state index is -1.21. The summed E-state index contributed by atoms with van der Waals surface area (Å²) in [7, 11) is 0. The average Bonchev–Trinajstić information content (AvgIpc) is 2.39. The van der Waals surface area contributed by atoms with E-state index in [1.54, 1.807) is 42.5 Å². The predicted molar refractivity (Wildman–Crippen MR) is 62.2 cm³/mol. The fourth-order valence-corrected chi connectivity index (χ4v) is 1.48. The van der Waals surface area contributed by atoms with Crippen LogP contribution in [0, 0.1) is 0 Å². The molecule has 0 fully saturated rings. The average molecular weight is 213 g/mol. The molecule has 0 aliphatic heterocycles. The molecule has 0 spiro atoms. The highest BCUT2D eigenvalue weighted by Gasteiger charge is 2.18. The Balaban J connectivity index is 2.30. The number of hydrogen-bond donors (Lipinski definition) is 1. The third kappa shape index (κ3) is 2.18. The number of Topliss-reactive ketones (excluding diaryl/α,β-unsaturated/α-hetero) is 1. The number of benzene rings is 2. The van der Waals surface area contributed by atoms with Gasteiger partial charge in [0, 0.05) is 5.56 Å². The van der Waals surface area contributed by atoms with E-state index >= 15 is 0 Å². The Morgan fingerprint density at radius 3 is 2.38 bits per heavy atom. The van der Waals surface area contributed by atoms with Crippen molar-refractivity contribution in [1.29, 1.82) is 0 Å². The number of ketones is 1. The molecule has 1 unspecified atom stereocenters. The standard InChI is InChI=1S/C14H12O2/c15-13(11-7-3-1-4-8-11)14(16)12-9-5-2-6-10-12/h1-10,13,15H/i9D. The van der Waals surface area contributed by atoms with Gasteiger partial charge in [0.15, 0.2) is 5.78 Å². The number of hydrogen-bond acceptors (Lipinski definition) is 2. The molecule has 0 bridgehead atoms. The molecular formula is C14H12O2. The lowest BCUT2D eigenvalue weighted by Gasteiger charge is -2.09. The van der Waals surface area contributed by atoms with Gasteiger partial charge in [-0.15, -0.1) is 0 Å². The highest BCUT2D eigenvalue weighted by atomic mass is 16.3. The Hall–Kier alpha value is -1.93. The molecule has 16 heavy (non-hydrogen) atoms. The molecule has 2 heteroatoms. The Labute approximate surface area is 95.6 Å². The Kier molecular flexibility index (Phi) is 2.75. The van der Waals surface area contributed by atoms with Crippen LogP contribution in [-0.2, 0) is 0 Å². The second kappa shape index (κ2) is 4.73. The maximum absolute atomic E-state index is 12.0. The largest absolute Gasteiger partial charge is 0.380 e. The Morgan fingerprint density at radius 1 is 1.06 bits per heavy atom. The summed E-state index contributed by atoms with van der Waals surface area (Å²) < 4.78 is 7.63. The molecule has 0 saturated heterocycles. The first-order chi connectivity index (χ1) is 8.20. The van der Waals surface area contributed by atoms with Gasteiger partial charge in [0.25, 0.3) is 0 Å². The van der Waals surface area contributed by atoms with Crippen molar-refractivity contribution in [3.8, 4) is 0 Å². The van der Waals surface area contributed by atoms with Crippen LogP contribution in [-0.4, -0.2) is 10.9 Å². The van der Waals surface area contributed by atoms with Gasteiger partial charge in [-0.2, -0.15) is 0 Å². The van der Waals surface area contributed by atoms with E-state index in [-0.39, 0.29) is 11.6 Å². The monoisotopic (exact) mass is 213 g/mol. The van der Waals surface area contributed by atoms with Gasteiger partial charge in [0.1, 0.15) is 6.10 Å². The van der Waals surface area contributed by atoms with Crippen LogP contribution in [0.1, 0.15) is 23.4 Å². The minimum absolute atomic E-state index is 0.132. The number of carbonyl (C=O) groups excluding carboxylic acids is 1. The highest BCUT2D eigenvalue weighted by Crippen LogP contribution is 2.17. The number of carbonyl (C=O) groups is 1. The molecule has 0 aliphatic rings. The summed E-state index contributed by atoms with van der Waals surface area (Å²) in [5, 5.41) is 9.93. The lowest BCUT2D eigenvalue weighted by molar-refractivity contribution is 0.0747. The van der Waals surface area contributed by atoms with Gasteiger partial charge in [-0.1, -0.05) is 60.6 Å². The van der Waals surface area contributed by atoms with Crippen LogP contribution in [0.3, 0.4) is 0 Å². The summed E-state index contributed by atoms with van der Waals surface area (Å²) in [4.78, 5) is 12.0. The van der Waals surface area contributed by atoms with Gasteiger partial charge >= 0.3 is 0 Å². The molecule has 0 aliphatic carbocycles. The van der Waals surface area contributed by atoms with E-state index in [0.717, 1.165) is 0 Å². The molecule has 0 amide bonds. The molecule has 2 rings (SSSR count). The van der Waals surface area contributed by atoms with Crippen molar-refractivity contribution >= 4 is 5.78 Å². The topological polar surface area (TPSA) is 37.3 Å². The first-order valence-corrected chi connectivity index (χ1v) is 5.03. The van der Waals surface area contributed by atoms with Gasteiger partial charge in [-0.3, -0.25) is 4.79 Å². The fraction of sp³-hybridized carbons (Fsp3) is 0.0714. The van der Waals surface area contributed by atoms with Crippen molar-refractivity contribution in [3.63, 3.8) is 0 Å². The quantitative estimate of drug-likeness (QED) is 0.796. The molecular weight excluding hydrogens is 200 g/mol. The zero-order chi connectivity index (χ0) is 12.3. The smallest absolute Gasteiger partial charge is 0.195 e. The number of aliphatic hydroxyl groups excluding tert-OH is 1. The molecule has 1 N–H and O–H groups in total. The summed E-state index contributed by atoms with van der Waals surface area (Å²) in [6, 6.07) is 15.3. The van der Waals surface area contributed by atoms with Gasteiger partial charge in [0.2, 0.25) is 0 Å². The maximum atomic E-state index is 12.0. The third-order valence-electron chi connectivity index (χ3n) is 2.34. The third-order valence-corrected chi connectivity index (χ3v) is 2.34. The second-order valence-electron chi connectivity index (χ2n) is 3.45. The summed E-state index contributed by atoms with van der Waals surface area (Å²) in [6.45, 7) is 0. The summed E-state index contributed by atoms with van der Waals surface area (Å²) >= 11 is 0. The SMILES string of the molecule is [2H]c1ccccc1C(=O)C(O)c1ccccc1. The summed E-state index contributed by atoms with van der Waals surface area (Å²) in [6.07, 6.45) is -1.21. The van der Waals surface area contributed by atoms with E-state index in [1.807, 2.05) is 6.07 Å². The molecule has 0 aromatic heterocycles. The second-order valence-corrected chi connectivity index (χ2v) is 3.45. The van der Waals surface area contributed by atoms with Crippen molar-refractivity contribution < 1.29 is 11.3 Å². The molecule has 1 atom stereocenters. The summed E-state index contributed by atoms with van der Waals surface area (Å²) in [5.41, 5.74) is 0.782. The van der Waals surface area contributed by atoms with E-state index in [1.165, 1.54) is 6.07 Å². The molecule has 0 radical (unpaired) electrons. The molecule has 0 heterocycles.